The number of hydrogen-bond donors (Lipinski definition) is 1. The molecular weight excluding hydrogens is 248 g/mol. The van der Waals surface area contributed by atoms with Crippen molar-refractivity contribution in [3.8, 4) is 0 Å². The van der Waals surface area contributed by atoms with Gasteiger partial charge in [0.05, 0.1) is 12.6 Å². The number of aromatic carboxylic acids is 1. The van der Waals surface area contributed by atoms with Crippen molar-refractivity contribution in [2.75, 3.05) is 27.2 Å². The van der Waals surface area contributed by atoms with E-state index < -0.39 is 5.97 Å². The number of likely N-dealkylation sites (N-methyl/N-ethyl adjacent to an activating group) is 2. The van der Waals surface area contributed by atoms with Gasteiger partial charge in [-0.3, -0.25) is 9.69 Å². The normalized spacial score (nSPS) is 12.5. The van der Waals surface area contributed by atoms with Gasteiger partial charge in [-0.2, -0.15) is 0 Å². The van der Waals surface area contributed by atoms with Crippen LogP contribution in [-0.2, 0) is 4.79 Å². The maximum absolute atomic E-state index is 11.7. The minimum Gasteiger partial charge on any atom is -0.475 e. The molecule has 1 N–H and O–H groups in total. The van der Waals surface area contributed by atoms with Gasteiger partial charge in [0.1, 0.15) is 5.76 Å². The summed E-state index contributed by atoms with van der Waals surface area (Å²) >= 11 is 0. The van der Waals surface area contributed by atoms with Gasteiger partial charge in [0.25, 0.3) is 0 Å². The predicted molar refractivity (Wildman–Crippen MR) is 70.0 cm³/mol. The van der Waals surface area contributed by atoms with Crippen molar-refractivity contribution in [3.63, 3.8) is 0 Å². The lowest BCUT2D eigenvalue weighted by atomic mass is 10.2. The molecular formula is C13H20N2O4. The van der Waals surface area contributed by atoms with Crippen LogP contribution in [0.4, 0.5) is 0 Å². The second-order valence-corrected chi connectivity index (χ2v) is 4.53. The first-order chi connectivity index (χ1) is 8.86. The van der Waals surface area contributed by atoms with E-state index in [4.69, 9.17) is 9.52 Å². The first-order valence-corrected chi connectivity index (χ1v) is 6.14. The molecule has 0 saturated heterocycles. The van der Waals surface area contributed by atoms with Gasteiger partial charge < -0.3 is 14.4 Å². The number of carbonyl (C=O) groups is 2. The van der Waals surface area contributed by atoms with Gasteiger partial charge in [-0.05, 0) is 25.6 Å². The van der Waals surface area contributed by atoms with Crippen LogP contribution in [0.15, 0.2) is 16.5 Å². The highest BCUT2D eigenvalue weighted by atomic mass is 16.4. The number of amides is 1. The summed E-state index contributed by atoms with van der Waals surface area (Å²) < 4.78 is 5.27. The van der Waals surface area contributed by atoms with Crippen LogP contribution in [0, 0.1) is 0 Å². The van der Waals surface area contributed by atoms with Crippen LogP contribution in [0.25, 0.3) is 0 Å². The van der Waals surface area contributed by atoms with E-state index in [0.717, 1.165) is 0 Å². The molecule has 0 spiro atoms. The zero-order valence-electron chi connectivity index (χ0n) is 11.7. The third-order valence-corrected chi connectivity index (χ3v) is 3.04. The standard InChI is InChI=1S/C13H20N2O4/c1-5-15(8-12(16)14(3)4)9(2)10-6-7-11(19-10)13(17)18/h6-7,9H,5,8H2,1-4H3,(H,17,18). The molecule has 0 saturated carbocycles. The predicted octanol–water partition coefficient (Wildman–Crippen LogP) is 1.45. The van der Waals surface area contributed by atoms with Crippen LogP contribution >= 0.6 is 0 Å². The fourth-order valence-electron chi connectivity index (χ4n) is 1.71. The summed E-state index contributed by atoms with van der Waals surface area (Å²) in [5.41, 5.74) is 0. The third-order valence-electron chi connectivity index (χ3n) is 3.04. The summed E-state index contributed by atoms with van der Waals surface area (Å²) in [6.07, 6.45) is 0. The number of hydrogen-bond acceptors (Lipinski definition) is 4. The molecule has 0 aliphatic heterocycles. The van der Waals surface area contributed by atoms with Crippen molar-refractivity contribution in [1.82, 2.24) is 9.80 Å². The molecule has 0 bridgehead atoms. The Hall–Kier alpha value is -1.82. The molecule has 1 atom stereocenters. The van der Waals surface area contributed by atoms with Crippen molar-refractivity contribution in [1.29, 1.82) is 0 Å². The molecule has 106 valence electrons. The monoisotopic (exact) mass is 268 g/mol. The molecule has 1 unspecified atom stereocenters. The molecule has 1 aromatic heterocycles. The van der Waals surface area contributed by atoms with E-state index in [1.165, 1.54) is 11.0 Å². The van der Waals surface area contributed by atoms with Gasteiger partial charge in [0.2, 0.25) is 11.7 Å². The summed E-state index contributed by atoms with van der Waals surface area (Å²) in [5.74, 6) is -0.632. The second kappa shape index (κ2) is 6.38. The number of carboxylic acid groups (broad SMARTS) is 1. The van der Waals surface area contributed by atoms with Crippen molar-refractivity contribution in [2.24, 2.45) is 0 Å². The van der Waals surface area contributed by atoms with Gasteiger partial charge in [0, 0.05) is 14.1 Å². The summed E-state index contributed by atoms with van der Waals surface area (Å²) in [4.78, 5) is 25.9. The van der Waals surface area contributed by atoms with Crippen LogP contribution in [0.3, 0.4) is 0 Å². The molecule has 1 rings (SSSR count). The van der Waals surface area contributed by atoms with Gasteiger partial charge in [-0.15, -0.1) is 0 Å². The Labute approximate surface area is 112 Å². The van der Waals surface area contributed by atoms with Crippen LogP contribution in [0.1, 0.15) is 36.2 Å². The average molecular weight is 268 g/mol. The minimum atomic E-state index is -1.09. The maximum Gasteiger partial charge on any atom is 0.371 e. The number of nitrogens with zero attached hydrogens (tertiary/aromatic N) is 2. The first-order valence-electron chi connectivity index (χ1n) is 6.14. The van der Waals surface area contributed by atoms with Crippen LogP contribution in [0.2, 0.25) is 0 Å². The molecule has 1 heterocycles. The quantitative estimate of drug-likeness (QED) is 0.845. The molecule has 0 aromatic carbocycles. The Bertz CT molecular complexity index is 453. The molecule has 0 aliphatic carbocycles. The van der Waals surface area contributed by atoms with E-state index in [1.807, 2.05) is 18.7 Å². The van der Waals surface area contributed by atoms with Crippen LogP contribution in [0.5, 0.6) is 0 Å². The summed E-state index contributed by atoms with van der Waals surface area (Å²) in [6.45, 7) is 4.77. The fourth-order valence-corrected chi connectivity index (χ4v) is 1.71. The molecule has 1 aromatic rings. The first kappa shape index (κ1) is 15.2. The summed E-state index contributed by atoms with van der Waals surface area (Å²) in [7, 11) is 3.41. The molecule has 0 aliphatic rings. The van der Waals surface area contributed by atoms with Crippen molar-refractivity contribution < 1.29 is 19.1 Å². The van der Waals surface area contributed by atoms with Gasteiger partial charge in [-0.25, -0.2) is 4.79 Å². The highest BCUT2D eigenvalue weighted by Crippen LogP contribution is 2.22. The number of carboxylic acids is 1. The number of carbonyl (C=O) groups excluding carboxylic acids is 1. The third kappa shape index (κ3) is 3.82. The minimum absolute atomic E-state index is 0.00119. The molecule has 0 radical (unpaired) electrons. The Morgan fingerprint density at radius 1 is 1.37 bits per heavy atom. The SMILES string of the molecule is CCN(CC(=O)N(C)C)C(C)c1ccc(C(=O)O)o1. The smallest absolute Gasteiger partial charge is 0.371 e. The fraction of sp³-hybridized carbons (Fsp3) is 0.538. The Morgan fingerprint density at radius 2 is 2.00 bits per heavy atom. The second-order valence-electron chi connectivity index (χ2n) is 4.53. The van der Waals surface area contributed by atoms with Crippen molar-refractivity contribution >= 4 is 11.9 Å². The number of rotatable bonds is 6. The molecule has 1 amide bonds. The summed E-state index contributed by atoms with van der Waals surface area (Å²) in [5, 5.41) is 8.83. The Morgan fingerprint density at radius 3 is 2.42 bits per heavy atom. The Balaban J connectivity index is 2.79. The van der Waals surface area contributed by atoms with E-state index in [0.29, 0.717) is 12.3 Å². The van der Waals surface area contributed by atoms with Gasteiger partial charge in [-0.1, -0.05) is 6.92 Å². The summed E-state index contributed by atoms with van der Waals surface area (Å²) in [6, 6.07) is 2.91. The lowest BCUT2D eigenvalue weighted by molar-refractivity contribution is -0.130. The van der Waals surface area contributed by atoms with E-state index in [9.17, 15) is 9.59 Å². The van der Waals surface area contributed by atoms with E-state index in [-0.39, 0.29) is 24.3 Å². The average Bonchev–Trinajstić information content (AvgIpc) is 2.84. The topological polar surface area (TPSA) is 74.0 Å². The van der Waals surface area contributed by atoms with Crippen LogP contribution in [-0.4, -0.2) is 54.0 Å². The lowest BCUT2D eigenvalue weighted by Crippen LogP contribution is -2.37. The number of furan rings is 1. The van der Waals surface area contributed by atoms with E-state index >= 15 is 0 Å². The van der Waals surface area contributed by atoms with Crippen molar-refractivity contribution in [3.05, 3.63) is 23.7 Å². The Kier molecular flexibility index (Phi) is 5.11. The van der Waals surface area contributed by atoms with E-state index in [2.05, 4.69) is 0 Å². The highest BCUT2D eigenvalue weighted by Gasteiger charge is 2.21. The van der Waals surface area contributed by atoms with Crippen molar-refractivity contribution in [2.45, 2.75) is 19.9 Å². The lowest BCUT2D eigenvalue weighted by Gasteiger charge is -2.26. The molecule has 19 heavy (non-hydrogen) atoms. The molecule has 0 fully saturated rings. The zero-order valence-corrected chi connectivity index (χ0v) is 11.7. The van der Waals surface area contributed by atoms with Gasteiger partial charge in [0.15, 0.2) is 0 Å². The zero-order chi connectivity index (χ0) is 14.6. The molecule has 6 heteroatoms. The van der Waals surface area contributed by atoms with E-state index in [1.54, 1.807) is 20.2 Å². The maximum atomic E-state index is 11.7. The largest absolute Gasteiger partial charge is 0.475 e. The van der Waals surface area contributed by atoms with Gasteiger partial charge >= 0.3 is 5.97 Å². The highest BCUT2D eigenvalue weighted by molar-refractivity contribution is 5.84. The van der Waals surface area contributed by atoms with Crippen LogP contribution < -0.4 is 0 Å². The molecule has 6 nitrogen and oxygen atoms in total.